The van der Waals surface area contributed by atoms with E-state index in [4.69, 9.17) is 0 Å². The third-order valence-electron chi connectivity index (χ3n) is 3.50. The fraction of sp³-hybridized carbons (Fsp3) is 0. The molecule has 1 aliphatic rings. The topological polar surface area (TPSA) is 107 Å². The minimum Gasteiger partial charge on any atom is -0.508 e. The lowest BCUT2D eigenvalue weighted by Gasteiger charge is -2.26. The number of hydrogen-bond acceptors (Lipinski definition) is 5. The Kier molecular flexibility index (Phi) is 4.28. The number of phenols is 2. The molecular weight excluding hydrogens is 392 g/mol. The first kappa shape index (κ1) is 16.7. The van der Waals surface area contributed by atoms with Crippen molar-refractivity contribution in [2.75, 3.05) is 4.90 Å². The van der Waals surface area contributed by atoms with E-state index >= 15 is 0 Å². The molecule has 2 aromatic rings. The number of barbiturate groups is 1. The maximum absolute atomic E-state index is 12.6. The van der Waals surface area contributed by atoms with Crippen LogP contribution in [0.5, 0.6) is 11.5 Å². The molecule has 8 heteroatoms. The maximum Gasteiger partial charge on any atom is 0.335 e. The van der Waals surface area contributed by atoms with Gasteiger partial charge in [-0.05, 0) is 42.5 Å². The molecule has 0 unspecified atom stereocenters. The molecule has 1 aliphatic heterocycles. The van der Waals surface area contributed by atoms with E-state index in [1.54, 1.807) is 24.3 Å². The predicted octanol–water partition coefficient (Wildman–Crippen LogP) is 2.53. The number of carbonyl (C=O) groups excluding carboxylic acids is 3. The summed E-state index contributed by atoms with van der Waals surface area (Å²) < 4.78 is 0.766. The summed E-state index contributed by atoms with van der Waals surface area (Å²) in [5.74, 6) is -2.15. The van der Waals surface area contributed by atoms with Crippen LogP contribution in [0.3, 0.4) is 0 Å². The average Bonchev–Trinajstić information content (AvgIpc) is 2.55. The van der Waals surface area contributed by atoms with Crippen LogP contribution in [0.2, 0.25) is 0 Å². The van der Waals surface area contributed by atoms with Crippen molar-refractivity contribution in [2.45, 2.75) is 0 Å². The number of phenolic OH excluding ortho intramolecular Hbond substituents is 2. The second-order valence-electron chi connectivity index (χ2n) is 5.18. The van der Waals surface area contributed by atoms with Crippen LogP contribution >= 0.6 is 15.9 Å². The third kappa shape index (κ3) is 3.24. The molecule has 0 aliphatic carbocycles. The van der Waals surface area contributed by atoms with Gasteiger partial charge in [-0.15, -0.1) is 0 Å². The van der Waals surface area contributed by atoms with Crippen molar-refractivity contribution in [3.63, 3.8) is 0 Å². The lowest BCUT2D eigenvalue weighted by molar-refractivity contribution is -0.122. The van der Waals surface area contributed by atoms with Crippen LogP contribution < -0.4 is 10.2 Å². The van der Waals surface area contributed by atoms with Gasteiger partial charge >= 0.3 is 6.03 Å². The standard InChI is InChI=1S/C17H11BrN2O5/c18-10-2-4-11(5-3-10)20-16(24)13(15(23)19-17(20)25)7-9-1-6-12(21)8-14(9)22/h1-8,21-22H,(H,19,23,25)/b13-7+. The Hall–Kier alpha value is -3.13. The Morgan fingerprint density at radius 2 is 1.68 bits per heavy atom. The fourth-order valence-corrected chi connectivity index (χ4v) is 2.56. The zero-order valence-corrected chi connectivity index (χ0v) is 14.1. The number of amides is 4. The van der Waals surface area contributed by atoms with Gasteiger partial charge in [0.2, 0.25) is 0 Å². The minimum atomic E-state index is -0.865. The predicted molar refractivity (Wildman–Crippen MR) is 92.9 cm³/mol. The number of hydrogen-bond donors (Lipinski definition) is 3. The molecule has 0 spiro atoms. The zero-order valence-electron chi connectivity index (χ0n) is 12.6. The van der Waals surface area contributed by atoms with E-state index in [0.29, 0.717) is 5.69 Å². The highest BCUT2D eigenvalue weighted by atomic mass is 79.9. The summed E-state index contributed by atoms with van der Waals surface area (Å²) in [6, 6.07) is 9.27. The van der Waals surface area contributed by atoms with Gasteiger partial charge in [-0.3, -0.25) is 14.9 Å². The molecule has 1 heterocycles. The number of halogens is 1. The van der Waals surface area contributed by atoms with E-state index in [9.17, 15) is 24.6 Å². The van der Waals surface area contributed by atoms with Crippen molar-refractivity contribution in [3.8, 4) is 11.5 Å². The first-order valence-electron chi connectivity index (χ1n) is 7.06. The van der Waals surface area contributed by atoms with E-state index < -0.39 is 17.8 Å². The maximum atomic E-state index is 12.6. The van der Waals surface area contributed by atoms with Crippen molar-refractivity contribution >= 4 is 45.5 Å². The number of nitrogens with one attached hydrogen (secondary N) is 1. The third-order valence-corrected chi connectivity index (χ3v) is 4.03. The van der Waals surface area contributed by atoms with Crippen LogP contribution in [0, 0.1) is 0 Å². The van der Waals surface area contributed by atoms with Crippen molar-refractivity contribution in [2.24, 2.45) is 0 Å². The second kappa shape index (κ2) is 6.40. The van der Waals surface area contributed by atoms with Crippen LogP contribution in [-0.2, 0) is 9.59 Å². The molecule has 0 radical (unpaired) electrons. The highest BCUT2D eigenvalue weighted by Crippen LogP contribution is 2.27. The zero-order chi connectivity index (χ0) is 18.1. The van der Waals surface area contributed by atoms with Crippen LogP contribution in [0.15, 0.2) is 52.5 Å². The highest BCUT2D eigenvalue weighted by molar-refractivity contribution is 9.10. The minimum absolute atomic E-state index is 0.154. The summed E-state index contributed by atoms with van der Waals surface area (Å²) in [6.45, 7) is 0. The van der Waals surface area contributed by atoms with Gasteiger partial charge in [-0.1, -0.05) is 15.9 Å². The molecule has 0 bridgehead atoms. The number of anilines is 1. The van der Waals surface area contributed by atoms with Gasteiger partial charge in [-0.2, -0.15) is 0 Å². The summed E-state index contributed by atoms with van der Waals surface area (Å²) in [5.41, 5.74) is 0.129. The molecule has 0 aromatic heterocycles. The lowest BCUT2D eigenvalue weighted by atomic mass is 10.1. The number of urea groups is 1. The fourth-order valence-electron chi connectivity index (χ4n) is 2.29. The van der Waals surface area contributed by atoms with Crippen LogP contribution in [0.4, 0.5) is 10.5 Å². The number of benzene rings is 2. The molecule has 2 aromatic carbocycles. The monoisotopic (exact) mass is 402 g/mol. The number of imide groups is 2. The van der Waals surface area contributed by atoms with Crippen molar-refractivity contribution < 1.29 is 24.6 Å². The number of rotatable bonds is 2. The smallest absolute Gasteiger partial charge is 0.335 e. The molecule has 3 N–H and O–H groups in total. The number of aromatic hydroxyl groups is 2. The quantitative estimate of drug-likeness (QED) is 0.528. The summed E-state index contributed by atoms with van der Waals surface area (Å²) in [7, 11) is 0. The average molecular weight is 403 g/mol. The highest BCUT2D eigenvalue weighted by Gasteiger charge is 2.36. The summed E-state index contributed by atoms with van der Waals surface area (Å²) >= 11 is 3.26. The Morgan fingerprint density at radius 3 is 2.32 bits per heavy atom. The molecule has 126 valence electrons. The first-order chi connectivity index (χ1) is 11.9. The largest absolute Gasteiger partial charge is 0.508 e. The molecule has 25 heavy (non-hydrogen) atoms. The van der Waals surface area contributed by atoms with E-state index in [1.165, 1.54) is 12.1 Å². The normalized spacial score (nSPS) is 16.3. The summed E-state index contributed by atoms with van der Waals surface area (Å²) in [4.78, 5) is 37.6. The molecular formula is C17H11BrN2O5. The molecule has 4 amide bonds. The number of nitrogens with zero attached hydrogens (tertiary/aromatic N) is 1. The van der Waals surface area contributed by atoms with Crippen molar-refractivity contribution in [1.82, 2.24) is 5.32 Å². The Labute approximate surface area is 150 Å². The van der Waals surface area contributed by atoms with E-state index in [-0.39, 0.29) is 22.6 Å². The van der Waals surface area contributed by atoms with Crippen LogP contribution in [-0.4, -0.2) is 28.1 Å². The summed E-state index contributed by atoms with van der Waals surface area (Å²) in [6.07, 6.45) is 1.16. The van der Waals surface area contributed by atoms with Crippen LogP contribution in [0.25, 0.3) is 6.08 Å². The van der Waals surface area contributed by atoms with Crippen molar-refractivity contribution in [3.05, 3.63) is 58.1 Å². The van der Waals surface area contributed by atoms with Gasteiger partial charge in [0.05, 0.1) is 5.69 Å². The van der Waals surface area contributed by atoms with E-state index in [2.05, 4.69) is 21.2 Å². The SMILES string of the molecule is O=C1NC(=O)N(c2ccc(Br)cc2)C(=O)/C1=C/c1ccc(O)cc1O. The second-order valence-corrected chi connectivity index (χ2v) is 6.09. The molecule has 1 saturated heterocycles. The van der Waals surface area contributed by atoms with Crippen molar-refractivity contribution in [1.29, 1.82) is 0 Å². The Balaban J connectivity index is 2.03. The molecule has 0 saturated carbocycles. The lowest BCUT2D eigenvalue weighted by Crippen LogP contribution is -2.54. The van der Waals surface area contributed by atoms with Crippen LogP contribution in [0.1, 0.15) is 5.56 Å². The Morgan fingerprint density at radius 1 is 1.00 bits per heavy atom. The molecule has 1 fully saturated rings. The summed E-state index contributed by atoms with van der Waals surface area (Å²) in [5, 5.41) is 21.2. The van der Waals surface area contributed by atoms with Gasteiger partial charge in [0.1, 0.15) is 17.1 Å². The first-order valence-corrected chi connectivity index (χ1v) is 7.85. The molecule has 3 rings (SSSR count). The number of carbonyl (C=O) groups is 3. The van der Waals surface area contributed by atoms with Gasteiger partial charge in [0.25, 0.3) is 11.8 Å². The van der Waals surface area contributed by atoms with Gasteiger partial charge in [-0.25, -0.2) is 9.69 Å². The Bertz CT molecular complexity index is 921. The molecule has 0 atom stereocenters. The van der Waals surface area contributed by atoms with Gasteiger partial charge in [0, 0.05) is 16.1 Å². The molecule has 7 nitrogen and oxygen atoms in total. The van der Waals surface area contributed by atoms with Gasteiger partial charge in [0.15, 0.2) is 0 Å². The van der Waals surface area contributed by atoms with E-state index in [1.807, 2.05) is 0 Å². The van der Waals surface area contributed by atoms with Gasteiger partial charge < -0.3 is 10.2 Å². The van der Waals surface area contributed by atoms with E-state index in [0.717, 1.165) is 21.5 Å².